The van der Waals surface area contributed by atoms with Gasteiger partial charge in [0.15, 0.2) is 0 Å². The number of hydrogen-bond acceptors (Lipinski definition) is 4. The summed E-state index contributed by atoms with van der Waals surface area (Å²) in [6.07, 6.45) is 5.03. The van der Waals surface area contributed by atoms with E-state index in [4.69, 9.17) is 0 Å². The van der Waals surface area contributed by atoms with Crippen molar-refractivity contribution in [1.82, 2.24) is 15.2 Å². The molecule has 5 heteroatoms. The summed E-state index contributed by atoms with van der Waals surface area (Å²) in [5.74, 6) is 0.0175. The second kappa shape index (κ2) is 7.00. The highest BCUT2D eigenvalue weighted by atomic mass is 32.1. The van der Waals surface area contributed by atoms with Crippen molar-refractivity contribution in [2.45, 2.75) is 25.7 Å². The topological polar surface area (TPSA) is 45.2 Å². The summed E-state index contributed by atoms with van der Waals surface area (Å²) < 4.78 is 1.07. The molecule has 0 saturated carbocycles. The summed E-state index contributed by atoms with van der Waals surface area (Å²) >= 11 is 1.57. The monoisotopic (exact) mass is 303 g/mol. The van der Waals surface area contributed by atoms with Gasteiger partial charge < -0.3 is 10.2 Å². The van der Waals surface area contributed by atoms with Crippen LogP contribution in [0.25, 0.3) is 10.2 Å². The quantitative estimate of drug-likeness (QED) is 0.864. The van der Waals surface area contributed by atoms with Crippen molar-refractivity contribution in [3.8, 4) is 0 Å². The number of piperidine rings is 1. The van der Waals surface area contributed by atoms with E-state index < -0.39 is 0 Å². The molecule has 21 heavy (non-hydrogen) atoms. The van der Waals surface area contributed by atoms with Gasteiger partial charge in [-0.2, -0.15) is 0 Å². The van der Waals surface area contributed by atoms with E-state index in [2.05, 4.69) is 15.2 Å². The lowest BCUT2D eigenvalue weighted by atomic mass is 10.1. The van der Waals surface area contributed by atoms with Crippen LogP contribution in [0.15, 0.2) is 23.7 Å². The zero-order chi connectivity index (χ0) is 14.5. The normalized spacial score (nSPS) is 16.2. The van der Waals surface area contributed by atoms with Gasteiger partial charge in [-0.15, -0.1) is 11.3 Å². The first-order chi connectivity index (χ1) is 10.3. The van der Waals surface area contributed by atoms with E-state index in [0.29, 0.717) is 0 Å². The van der Waals surface area contributed by atoms with Crippen LogP contribution >= 0.6 is 11.3 Å². The third kappa shape index (κ3) is 3.80. The first kappa shape index (κ1) is 14.5. The summed E-state index contributed by atoms with van der Waals surface area (Å²) in [6, 6.07) is 5.68. The average Bonchev–Trinajstić information content (AvgIpc) is 3.00. The van der Waals surface area contributed by atoms with Crippen LogP contribution in [-0.2, 0) is 0 Å². The van der Waals surface area contributed by atoms with E-state index in [1.54, 1.807) is 11.3 Å². The van der Waals surface area contributed by atoms with Crippen LogP contribution < -0.4 is 5.32 Å². The molecule has 4 nitrogen and oxygen atoms in total. The maximum atomic E-state index is 12.1. The Morgan fingerprint density at radius 2 is 2.14 bits per heavy atom. The lowest BCUT2D eigenvalue weighted by Crippen LogP contribution is -2.33. The number of aromatic nitrogens is 1. The minimum Gasteiger partial charge on any atom is -0.352 e. The fourth-order valence-electron chi connectivity index (χ4n) is 2.79. The molecule has 1 aliphatic rings. The molecule has 3 rings (SSSR count). The minimum absolute atomic E-state index is 0.0175. The summed E-state index contributed by atoms with van der Waals surface area (Å²) in [7, 11) is 0. The summed E-state index contributed by atoms with van der Waals surface area (Å²) in [5, 5.41) is 3.01. The first-order valence-electron chi connectivity index (χ1n) is 7.67. The van der Waals surface area contributed by atoms with Crippen LogP contribution in [0, 0.1) is 0 Å². The van der Waals surface area contributed by atoms with Gasteiger partial charge in [0.2, 0.25) is 0 Å². The third-order valence-electron chi connectivity index (χ3n) is 3.98. The average molecular weight is 303 g/mol. The van der Waals surface area contributed by atoms with Crippen molar-refractivity contribution >= 4 is 27.5 Å². The number of nitrogens with one attached hydrogen (secondary N) is 1. The van der Waals surface area contributed by atoms with Gasteiger partial charge in [-0.25, -0.2) is 4.98 Å². The van der Waals surface area contributed by atoms with Crippen molar-refractivity contribution in [3.05, 3.63) is 29.3 Å². The van der Waals surface area contributed by atoms with Crippen LogP contribution in [0.1, 0.15) is 36.0 Å². The molecule has 2 aromatic rings. The van der Waals surface area contributed by atoms with Crippen LogP contribution in [0.3, 0.4) is 0 Å². The van der Waals surface area contributed by atoms with Crippen LogP contribution in [0.2, 0.25) is 0 Å². The van der Waals surface area contributed by atoms with Crippen molar-refractivity contribution in [2.24, 2.45) is 0 Å². The molecular weight excluding hydrogens is 282 g/mol. The number of rotatable bonds is 5. The number of nitrogens with zero attached hydrogens (tertiary/aromatic N) is 2. The number of benzene rings is 1. The zero-order valence-corrected chi connectivity index (χ0v) is 13.0. The molecule has 1 fully saturated rings. The lowest BCUT2D eigenvalue weighted by molar-refractivity contribution is 0.0951. The lowest BCUT2D eigenvalue weighted by Gasteiger charge is -2.26. The predicted molar refractivity (Wildman–Crippen MR) is 86.9 cm³/mol. The molecule has 1 aliphatic heterocycles. The van der Waals surface area contributed by atoms with E-state index in [9.17, 15) is 4.79 Å². The Labute approximate surface area is 129 Å². The van der Waals surface area contributed by atoms with Gasteiger partial charge in [0.1, 0.15) is 0 Å². The number of thiazole rings is 1. The van der Waals surface area contributed by atoms with Crippen molar-refractivity contribution in [1.29, 1.82) is 0 Å². The predicted octanol–water partition coefficient (Wildman–Crippen LogP) is 2.90. The number of carbonyl (C=O) groups is 1. The first-order valence-corrected chi connectivity index (χ1v) is 8.55. The number of hydrogen-bond donors (Lipinski definition) is 1. The van der Waals surface area contributed by atoms with Gasteiger partial charge in [-0.1, -0.05) is 6.42 Å². The highest BCUT2D eigenvalue weighted by Crippen LogP contribution is 2.19. The van der Waals surface area contributed by atoms with E-state index >= 15 is 0 Å². The summed E-state index contributed by atoms with van der Waals surface area (Å²) in [5.41, 5.74) is 3.50. The van der Waals surface area contributed by atoms with Crippen molar-refractivity contribution in [3.63, 3.8) is 0 Å². The maximum absolute atomic E-state index is 12.1. The Morgan fingerprint density at radius 3 is 3.00 bits per heavy atom. The highest BCUT2D eigenvalue weighted by Gasteiger charge is 2.10. The third-order valence-corrected chi connectivity index (χ3v) is 4.77. The molecule has 0 atom stereocenters. The number of likely N-dealkylation sites (tertiary alicyclic amines) is 1. The second-order valence-corrected chi connectivity index (χ2v) is 6.43. The maximum Gasteiger partial charge on any atom is 0.251 e. The molecule has 0 aliphatic carbocycles. The number of fused-ring (bicyclic) bond motifs is 1. The summed E-state index contributed by atoms with van der Waals surface area (Å²) in [6.45, 7) is 4.27. The summed E-state index contributed by atoms with van der Waals surface area (Å²) in [4.78, 5) is 18.8. The second-order valence-electron chi connectivity index (χ2n) is 5.55. The van der Waals surface area contributed by atoms with E-state index in [-0.39, 0.29) is 5.91 Å². The van der Waals surface area contributed by atoms with Gasteiger partial charge in [-0.3, -0.25) is 4.79 Å². The fraction of sp³-hybridized carbons (Fsp3) is 0.500. The Bertz CT molecular complexity index is 604. The van der Waals surface area contributed by atoms with Gasteiger partial charge in [-0.05, 0) is 57.1 Å². The Hall–Kier alpha value is -1.46. The zero-order valence-electron chi connectivity index (χ0n) is 12.2. The van der Waals surface area contributed by atoms with E-state index in [1.807, 2.05) is 23.7 Å². The largest absolute Gasteiger partial charge is 0.352 e. The Balaban J connectivity index is 1.45. The van der Waals surface area contributed by atoms with Crippen LogP contribution in [0.5, 0.6) is 0 Å². The van der Waals surface area contributed by atoms with Gasteiger partial charge >= 0.3 is 0 Å². The highest BCUT2D eigenvalue weighted by molar-refractivity contribution is 7.16. The molecule has 0 unspecified atom stereocenters. The minimum atomic E-state index is 0.0175. The standard InChI is InChI=1S/C16H21N3OS/c20-16(13-5-6-14-15(11-13)21-12-18-14)17-7-4-10-19-8-2-1-3-9-19/h5-6,11-12H,1-4,7-10H2,(H,17,20). The SMILES string of the molecule is O=C(NCCCN1CCCCC1)c1ccc2ncsc2c1. The molecule has 1 N–H and O–H groups in total. The van der Waals surface area contributed by atoms with Crippen molar-refractivity contribution in [2.75, 3.05) is 26.2 Å². The smallest absolute Gasteiger partial charge is 0.251 e. The molecule has 1 saturated heterocycles. The van der Waals surface area contributed by atoms with Crippen molar-refractivity contribution < 1.29 is 4.79 Å². The van der Waals surface area contributed by atoms with E-state index in [1.165, 1.54) is 32.4 Å². The molecule has 112 valence electrons. The molecule has 1 aromatic carbocycles. The molecular formula is C16H21N3OS. The van der Waals surface area contributed by atoms with E-state index in [0.717, 1.165) is 35.3 Å². The molecule has 0 spiro atoms. The molecule has 0 bridgehead atoms. The van der Waals surface area contributed by atoms with Gasteiger partial charge in [0, 0.05) is 12.1 Å². The van der Waals surface area contributed by atoms with Gasteiger partial charge in [0.05, 0.1) is 15.7 Å². The van der Waals surface area contributed by atoms with Crippen LogP contribution in [-0.4, -0.2) is 42.0 Å². The fourth-order valence-corrected chi connectivity index (χ4v) is 3.50. The molecule has 1 aromatic heterocycles. The molecule has 0 radical (unpaired) electrons. The number of carbonyl (C=O) groups excluding carboxylic acids is 1. The van der Waals surface area contributed by atoms with Crippen LogP contribution in [0.4, 0.5) is 0 Å². The Morgan fingerprint density at radius 1 is 1.29 bits per heavy atom. The Kier molecular flexibility index (Phi) is 4.83. The van der Waals surface area contributed by atoms with Gasteiger partial charge in [0.25, 0.3) is 5.91 Å². The molecule has 1 amide bonds. The molecule has 2 heterocycles. The number of amides is 1.